The standard InChI is InChI=1S/C14H8Cl2N4O2S/c15-6-1-2-8-9(3-6)13(18-19-14(17)23)10-4-7(16)5-11(12(8)10)20(21)22/h1-5H,(H3,17,19,23)/b18-13-. The van der Waals surface area contributed by atoms with Crippen LogP contribution in [0.15, 0.2) is 35.4 Å². The number of nitrogens with two attached hydrogens (primary N) is 1. The summed E-state index contributed by atoms with van der Waals surface area (Å²) in [5, 5.41) is 16.2. The van der Waals surface area contributed by atoms with Gasteiger partial charge in [0.05, 0.1) is 16.2 Å². The number of nitro groups is 1. The van der Waals surface area contributed by atoms with Crippen molar-refractivity contribution in [3.8, 4) is 11.1 Å². The molecule has 0 spiro atoms. The lowest BCUT2D eigenvalue weighted by Crippen LogP contribution is -2.25. The number of thiocarbonyl (C=S) groups is 1. The molecule has 0 saturated heterocycles. The number of halogens is 2. The third-order valence-electron chi connectivity index (χ3n) is 3.32. The number of nitrogens with zero attached hydrogens (tertiary/aromatic N) is 2. The average molecular weight is 367 g/mol. The summed E-state index contributed by atoms with van der Waals surface area (Å²) in [5.74, 6) is 0. The average Bonchev–Trinajstić information content (AvgIpc) is 2.76. The second kappa shape index (κ2) is 5.77. The molecule has 0 radical (unpaired) electrons. The second-order valence-electron chi connectivity index (χ2n) is 4.73. The summed E-state index contributed by atoms with van der Waals surface area (Å²) in [6.07, 6.45) is 0. The Morgan fingerprint density at radius 3 is 2.52 bits per heavy atom. The molecule has 1 aliphatic rings. The number of nitrogens with one attached hydrogen (secondary N) is 1. The van der Waals surface area contributed by atoms with Gasteiger partial charge < -0.3 is 5.73 Å². The first-order chi connectivity index (χ1) is 10.9. The van der Waals surface area contributed by atoms with Crippen molar-refractivity contribution in [3.05, 3.63) is 61.6 Å². The molecule has 0 bridgehead atoms. The number of rotatable bonds is 2. The van der Waals surface area contributed by atoms with Crippen molar-refractivity contribution in [2.75, 3.05) is 0 Å². The Bertz CT molecular complexity index is 899. The fraction of sp³-hybridized carbons (Fsp3) is 0. The van der Waals surface area contributed by atoms with Gasteiger partial charge in [0.15, 0.2) is 5.11 Å². The number of benzene rings is 2. The van der Waals surface area contributed by atoms with Crippen molar-refractivity contribution in [2.45, 2.75) is 0 Å². The zero-order valence-electron chi connectivity index (χ0n) is 11.3. The molecule has 1 aliphatic carbocycles. The molecule has 116 valence electrons. The Morgan fingerprint density at radius 1 is 1.17 bits per heavy atom. The van der Waals surface area contributed by atoms with Crippen molar-refractivity contribution in [3.63, 3.8) is 0 Å². The molecular formula is C14H8Cl2N4O2S. The van der Waals surface area contributed by atoms with Gasteiger partial charge in [0.25, 0.3) is 5.69 Å². The van der Waals surface area contributed by atoms with Gasteiger partial charge in [-0.2, -0.15) is 5.10 Å². The van der Waals surface area contributed by atoms with E-state index in [4.69, 9.17) is 41.2 Å². The van der Waals surface area contributed by atoms with Crippen LogP contribution in [0.2, 0.25) is 10.0 Å². The molecule has 0 aliphatic heterocycles. The van der Waals surface area contributed by atoms with Crippen molar-refractivity contribution < 1.29 is 4.92 Å². The van der Waals surface area contributed by atoms with Gasteiger partial charge in [0.1, 0.15) is 0 Å². The summed E-state index contributed by atoms with van der Waals surface area (Å²) in [6, 6.07) is 7.96. The van der Waals surface area contributed by atoms with E-state index in [0.717, 1.165) is 0 Å². The summed E-state index contributed by atoms with van der Waals surface area (Å²) in [7, 11) is 0. The second-order valence-corrected chi connectivity index (χ2v) is 6.04. The number of hydrazone groups is 1. The SMILES string of the molecule is NC(=S)N/N=C1/c2cc(Cl)ccc2-c2c1cc(Cl)cc2[N+](=O)[O-]. The molecule has 3 N–H and O–H groups in total. The number of hydrogen-bond acceptors (Lipinski definition) is 4. The Kier molecular flexibility index (Phi) is 3.93. The normalized spacial score (nSPS) is 13.6. The van der Waals surface area contributed by atoms with E-state index < -0.39 is 4.92 Å². The third-order valence-corrected chi connectivity index (χ3v) is 3.86. The summed E-state index contributed by atoms with van der Waals surface area (Å²) in [5.41, 5.74) is 10.5. The maximum Gasteiger partial charge on any atom is 0.279 e. The van der Waals surface area contributed by atoms with Gasteiger partial charge in [0, 0.05) is 27.2 Å². The van der Waals surface area contributed by atoms with Crippen LogP contribution in [0.4, 0.5) is 5.69 Å². The highest BCUT2D eigenvalue weighted by Crippen LogP contribution is 2.44. The maximum absolute atomic E-state index is 11.4. The molecule has 0 unspecified atom stereocenters. The monoisotopic (exact) mass is 366 g/mol. The predicted molar refractivity (Wildman–Crippen MR) is 94.1 cm³/mol. The minimum Gasteiger partial charge on any atom is -0.375 e. The molecule has 0 fully saturated rings. The molecule has 0 aromatic heterocycles. The fourth-order valence-corrected chi connectivity index (χ4v) is 2.94. The molecule has 6 nitrogen and oxygen atoms in total. The molecule has 9 heteroatoms. The van der Waals surface area contributed by atoms with Crippen molar-refractivity contribution in [1.82, 2.24) is 5.43 Å². The van der Waals surface area contributed by atoms with Crippen LogP contribution >= 0.6 is 35.4 Å². The Labute approximate surface area is 146 Å². The first kappa shape index (κ1) is 15.7. The quantitative estimate of drug-likeness (QED) is 0.411. The van der Waals surface area contributed by atoms with E-state index in [1.807, 2.05) is 0 Å². The van der Waals surface area contributed by atoms with Crippen LogP contribution in [0.1, 0.15) is 11.1 Å². The summed E-state index contributed by atoms with van der Waals surface area (Å²) >= 11 is 16.8. The fourth-order valence-electron chi connectivity index (χ4n) is 2.51. The lowest BCUT2D eigenvalue weighted by Gasteiger charge is -2.04. The van der Waals surface area contributed by atoms with Crippen LogP contribution < -0.4 is 11.2 Å². The molecule has 2 aromatic carbocycles. The molecule has 23 heavy (non-hydrogen) atoms. The van der Waals surface area contributed by atoms with Crippen LogP contribution in [-0.2, 0) is 0 Å². The highest BCUT2D eigenvalue weighted by Gasteiger charge is 2.32. The smallest absolute Gasteiger partial charge is 0.279 e. The largest absolute Gasteiger partial charge is 0.375 e. The maximum atomic E-state index is 11.4. The van der Waals surface area contributed by atoms with Crippen LogP contribution in [0.25, 0.3) is 11.1 Å². The van der Waals surface area contributed by atoms with Crippen molar-refractivity contribution in [1.29, 1.82) is 0 Å². The van der Waals surface area contributed by atoms with Gasteiger partial charge >= 0.3 is 0 Å². The van der Waals surface area contributed by atoms with Crippen molar-refractivity contribution in [2.24, 2.45) is 10.8 Å². The van der Waals surface area contributed by atoms with Crippen LogP contribution in [-0.4, -0.2) is 15.7 Å². The molecule has 0 amide bonds. The first-order valence-electron chi connectivity index (χ1n) is 6.30. The van der Waals surface area contributed by atoms with E-state index in [1.165, 1.54) is 6.07 Å². The molecule has 3 rings (SSSR count). The molecule has 2 aromatic rings. The van der Waals surface area contributed by atoms with Gasteiger partial charge in [-0.05, 0) is 36.0 Å². The molecule has 0 heterocycles. The van der Waals surface area contributed by atoms with E-state index in [2.05, 4.69) is 10.5 Å². The van der Waals surface area contributed by atoms with E-state index in [0.29, 0.717) is 33.0 Å². The van der Waals surface area contributed by atoms with Crippen molar-refractivity contribution >= 4 is 51.9 Å². The Balaban J connectivity index is 2.35. The van der Waals surface area contributed by atoms with E-state index in [1.54, 1.807) is 24.3 Å². The Morgan fingerprint density at radius 2 is 1.87 bits per heavy atom. The topological polar surface area (TPSA) is 93.5 Å². The molecular weight excluding hydrogens is 359 g/mol. The van der Waals surface area contributed by atoms with E-state index in [9.17, 15) is 10.1 Å². The van der Waals surface area contributed by atoms with Gasteiger partial charge in [0.2, 0.25) is 0 Å². The first-order valence-corrected chi connectivity index (χ1v) is 7.46. The lowest BCUT2D eigenvalue weighted by atomic mass is 10.0. The number of nitro benzene ring substituents is 1. The minimum atomic E-state index is -0.479. The number of fused-ring (bicyclic) bond motifs is 3. The predicted octanol–water partition coefficient (Wildman–Crippen LogP) is 3.47. The lowest BCUT2D eigenvalue weighted by molar-refractivity contribution is -0.384. The number of hydrogen-bond donors (Lipinski definition) is 2. The Hall–Kier alpha value is -2.22. The highest BCUT2D eigenvalue weighted by atomic mass is 35.5. The third kappa shape index (κ3) is 2.74. The van der Waals surface area contributed by atoms with E-state index >= 15 is 0 Å². The summed E-state index contributed by atoms with van der Waals surface area (Å²) < 4.78 is 0. The van der Waals surface area contributed by atoms with Gasteiger partial charge in [-0.25, -0.2) is 0 Å². The molecule has 0 atom stereocenters. The highest BCUT2D eigenvalue weighted by molar-refractivity contribution is 7.80. The summed E-state index contributed by atoms with van der Waals surface area (Å²) in [4.78, 5) is 10.9. The molecule has 0 saturated carbocycles. The zero-order chi connectivity index (χ0) is 16.7. The zero-order valence-corrected chi connectivity index (χ0v) is 13.7. The van der Waals surface area contributed by atoms with Crippen LogP contribution in [0, 0.1) is 10.1 Å². The van der Waals surface area contributed by atoms with Gasteiger partial charge in [-0.1, -0.05) is 29.3 Å². The summed E-state index contributed by atoms with van der Waals surface area (Å²) in [6.45, 7) is 0. The van der Waals surface area contributed by atoms with Gasteiger partial charge in [-0.15, -0.1) is 0 Å². The van der Waals surface area contributed by atoms with Crippen LogP contribution in [0.5, 0.6) is 0 Å². The van der Waals surface area contributed by atoms with Crippen LogP contribution in [0.3, 0.4) is 0 Å². The van der Waals surface area contributed by atoms with E-state index in [-0.39, 0.29) is 15.8 Å². The van der Waals surface area contributed by atoms with Gasteiger partial charge in [-0.3, -0.25) is 15.5 Å². The minimum absolute atomic E-state index is 0.0222.